The number of hydrogen-bond acceptors (Lipinski definition) is 4. The van der Waals surface area contributed by atoms with Crippen molar-refractivity contribution in [2.45, 2.75) is 19.4 Å². The van der Waals surface area contributed by atoms with Gasteiger partial charge in [-0.2, -0.15) is 16.9 Å². The number of benzene rings is 1. The summed E-state index contributed by atoms with van der Waals surface area (Å²) in [5, 5.41) is 6.95. The highest BCUT2D eigenvalue weighted by Crippen LogP contribution is 2.26. The van der Waals surface area contributed by atoms with E-state index in [-0.39, 0.29) is 18.6 Å². The van der Waals surface area contributed by atoms with E-state index < -0.39 is 0 Å². The first-order valence-electron chi connectivity index (χ1n) is 7.33. The van der Waals surface area contributed by atoms with Crippen LogP contribution in [0.5, 0.6) is 5.75 Å². The lowest BCUT2D eigenvalue weighted by Crippen LogP contribution is -2.43. The molecule has 1 N–H and O–H groups in total. The van der Waals surface area contributed by atoms with Crippen LogP contribution in [0.1, 0.15) is 12.0 Å². The summed E-state index contributed by atoms with van der Waals surface area (Å²) in [6.07, 6.45) is 2.73. The molecule has 2 heterocycles. The Morgan fingerprint density at radius 3 is 3.00 bits per heavy atom. The average molecular weight is 317 g/mol. The molecule has 6 heteroatoms. The summed E-state index contributed by atoms with van der Waals surface area (Å²) < 4.78 is 5.70. The van der Waals surface area contributed by atoms with Gasteiger partial charge in [0.05, 0.1) is 0 Å². The SMILES string of the molecule is Cc1ccccc1OCC(=O)N(c1cc[nH]n1)C1CCSC1. The highest BCUT2D eigenvalue weighted by atomic mass is 32.2. The molecule has 0 radical (unpaired) electrons. The van der Waals surface area contributed by atoms with E-state index in [1.165, 1.54) is 0 Å². The minimum Gasteiger partial charge on any atom is -0.483 e. The Hall–Kier alpha value is -1.95. The highest BCUT2D eigenvalue weighted by molar-refractivity contribution is 7.99. The van der Waals surface area contributed by atoms with Crippen molar-refractivity contribution in [2.75, 3.05) is 23.0 Å². The van der Waals surface area contributed by atoms with Crippen LogP contribution in [-0.4, -0.2) is 40.3 Å². The molecule has 22 heavy (non-hydrogen) atoms. The van der Waals surface area contributed by atoms with Gasteiger partial charge >= 0.3 is 0 Å². The van der Waals surface area contributed by atoms with Crippen molar-refractivity contribution < 1.29 is 9.53 Å². The van der Waals surface area contributed by atoms with Gasteiger partial charge in [0.25, 0.3) is 5.91 Å². The third kappa shape index (κ3) is 3.27. The average Bonchev–Trinajstić information content (AvgIpc) is 3.21. The topological polar surface area (TPSA) is 58.2 Å². The molecule has 1 aliphatic heterocycles. The van der Waals surface area contributed by atoms with E-state index in [0.29, 0.717) is 5.82 Å². The summed E-state index contributed by atoms with van der Waals surface area (Å²) in [5.41, 5.74) is 1.03. The first-order valence-corrected chi connectivity index (χ1v) is 8.49. The van der Waals surface area contributed by atoms with Gasteiger partial charge in [-0.15, -0.1) is 0 Å². The Morgan fingerprint density at radius 2 is 2.32 bits per heavy atom. The van der Waals surface area contributed by atoms with Crippen LogP contribution in [0.2, 0.25) is 0 Å². The van der Waals surface area contributed by atoms with Gasteiger partial charge < -0.3 is 4.74 Å². The summed E-state index contributed by atoms with van der Waals surface area (Å²) in [6, 6.07) is 9.74. The molecule has 1 aromatic carbocycles. The van der Waals surface area contributed by atoms with Crippen molar-refractivity contribution >= 4 is 23.5 Å². The summed E-state index contributed by atoms with van der Waals surface area (Å²) in [4.78, 5) is 14.4. The maximum absolute atomic E-state index is 12.7. The molecule has 2 aromatic rings. The zero-order valence-corrected chi connectivity index (χ0v) is 13.3. The maximum atomic E-state index is 12.7. The van der Waals surface area contributed by atoms with Crippen molar-refractivity contribution in [1.82, 2.24) is 10.2 Å². The summed E-state index contributed by atoms with van der Waals surface area (Å²) in [5.74, 6) is 3.40. The summed E-state index contributed by atoms with van der Waals surface area (Å²) in [7, 11) is 0. The first kappa shape index (κ1) is 15.0. The molecule has 1 aliphatic rings. The molecule has 116 valence electrons. The number of aromatic nitrogens is 2. The van der Waals surface area contributed by atoms with Crippen molar-refractivity contribution in [1.29, 1.82) is 0 Å². The van der Waals surface area contributed by atoms with Gasteiger partial charge in [-0.05, 0) is 30.7 Å². The predicted molar refractivity (Wildman–Crippen MR) is 88.5 cm³/mol. The van der Waals surface area contributed by atoms with Crippen LogP contribution in [0.3, 0.4) is 0 Å². The van der Waals surface area contributed by atoms with Crippen LogP contribution >= 0.6 is 11.8 Å². The number of para-hydroxylation sites is 1. The van der Waals surface area contributed by atoms with Crippen molar-refractivity contribution in [3.05, 3.63) is 42.1 Å². The van der Waals surface area contributed by atoms with Crippen LogP contribution in [-0.2, 0) is 4.79 Å². The van der Waals surface area contributed by atoms with E-state index in [2.05, 4.69) is 10.2 Å². The van der Waals surface area contributed by atoms with E-state index in [9.17, 15) is 4.79 Å². The zero-order valence-electron chi connectivity index (χ0n) is 12.5. The molecule has 3 rings (SSSR count). The Balaban J connectivity index is 1.71. The Labute approximate surface area is 134 Å². The second-order valence-electron chi connectivity index (χ2n) is 5.27. The minimum atomic E-state index is -0.0529. The van der Waals surface area contributed by atoms with Gasteiger partial charge in [0.1, 0.15) is 5.75 Å². The normalized spacial score (nSPS) is 17.4. The number of nitrogens with zero attached hydrogens (tertiary/aromatic N) is 2. The molecule has 1 amide bonds. The lowest BCUT2D eigenvalue weighted by Gasteiger charge is -2.26. The molecule has 0 aliphatic carbocycles. The highest BCUT2D eigenvalue weighted by Gasteiger charge is 2.29. The predicted octanol–water partition coefficient (Wildman–Crippen LogP) is 2.64. The van der Waals surface area contributed by atoms with E-state index in [1.54, 1.807) is 11.1 Å². The molecular weight excluding hydrogens is 298 g/mol. The van der Waals surface area contributed by atoms with E-state index in [1.807, 2.05) is 49.0 Å². The van der Waals surface area contributed by atoms with Crippen molar-refractivity contribution in [3.8, 4) is 5.75 Å². The number of thioether (sulfide) groups is 1. The molecule has 5 nitrogen and oxygen atoms in total. The second kappa shape index (κ2) is 6.87. The van der Waals surface area contributed by atoms with Crippen LogP contribution in [0.4, 0.5) is 5.82 Å². The summed E-state index contributed by atoms with van der Waals surface area (Å²) in [6.45, 7) is 2.00. The number of anilines is 1. The quantitative estimate of drug-likeness (QED) is 0.921. The zero-order chi connectivity index (χ0) is 15.4. The van der Waals surface area contributed by atoms with Crippen LogP contribution < -0.4 is 9.64 Å². The molecule has 1 atom stereocenters. The van der Waals surface area contributed by atoms with Gasteiger partial charge in [0.15, 0.2) is 12.4 Å². The number of rotatable bonds is 5. The number of aryl methyl sites for hydroxylation is 1. The van der Waals surface area contributed by atoms with E-state index in [0.717, 1.165) is 29.2 Å². The first-order chi connectivity index (χ1) is 10.8. The number of H-pyrrole nitrogens is 1. The third-order valence-corrected chi connectivity index (χ3v) is 4.86. The fourth-order valence-electron chi connectivity index (χ4n) is 2.56. The lowest BCUT2D eigenvalue weighted by molar-refractivity contribution is -0.121. The standard InChI is InChI=1S/C16H19N3O2S/c1-12-4-2-3-5-14(12)21-10-16(20)19(13-7-9-22-11-13)15-6-8-17-18-15/h2-6,8,13H,7,9-11H2,1H3,(H,17,18). The second-order valence-corrected chi connectivity index (χ2v) is 6.42. The molecule has 1 aromatic heterocycles. The van der Waals surface area contributed by atoms with Gasteiger partial charge in [-0.25, -0.2) is 0 Å². The summed E-state index contributed by atoms with van der Waals surface area (Å²) >= 11 is 1.87. The van der Waals surface area contributed by atoms with Crippen LogP contribution in [0.25, 0.3) is 0 Å². The van der Waals surface area contributed by atoms with Gasteiger partial charge in [-0.1, -0.05) is 18.2 Å². The number of carbonyl (C=O) groups is 1. The Bertz CT molecular complexity index is 624. The molecule has 0 spiro atoms. The molecule has 0 saturated carbocycles. The van der Waals surface area contributed by atoms with Gasteiger partial charge in [0, 0.05) is 24.1 Å². The van der Waals surface area contributed by atoms with E-state index >= 15 is 0 Å². The Kier molecular flexibility index (Phi) is 4.68. The smallest absolute Gasteiger partial charge is 0.266 e. The fourth-order valence-corrected chi connectivity index (χ4v) is 3.75. The maximum Gasteiger partial charge on any atom is 0.266 e. The number of hydrogen-bond donors (Lipinski definition) is 1. The minimum absolute atomic E-state index is 0.0267. The molecule has 0 bridgehead atoms. The number of carbonyl (C=O) groups excluding carboxylic acids is 1. The van der Waals surface area contributed by atoms with Gasteiger partial charge in [0.2, 0.25) is 0 Å². The number of aromatic amines is 1. The molecule has 1 unspecified atom stereocenters. The number of amides is 1. The fraction of sp³-hybridized carbons (Fsp3) is 0.375. The Morgan fingerprint density at radius 1 is 1.45 bits per heavy atom. The van der Waals surface area contributed by atoms with Crippen LogP contribution in [0.15, 0.2) is 36.5 Å². The molecular formula is C16H19N3O2S. The third-order valence-electron chi connectivity index (χ3n) is 3.72. The van der Waals surface area contributed by atoms with Crippen LogP contribution in [0, 0.1) is 6.92 Å². The largest absolute Gasteiger partial charge is 0.483 e. The lowest BCUT2D eigenvalue weighted by atomic mass is 10.2. The van der Waals surface area contributed by atoms with Crippen molar-refractivity contribution in [3.63, 3.8) is 0 Å². The monoisotopic (exact) mass is 317 g/mol. The van der Waals surface area contributed by atoms with Gasteiger partial charge in [-0.3, -0.25) is 14.8 Å². The number of ether oxygens (including phenoxy) is 1. The van der Waals surface area contributed by atoms with E-state index in [4.69, 9.17) is 4.74 Å². The van der Waals surface area contributed by atoms with Crippen molar-refractivity contribution in [2.24, 2.45) is 0 Å². The molecule has 1 saturated heterocycles. The molecule has 1 fully saturated rings. The number of nitrogens with one attached hydrogen (secondary N) is 1.